The fourth-order valence-corrected chi connectivity index (χ4v) is 4.37. The van der Waals surface area contributed by atoms with Crippen molar-refractivity contribution in [3.05, 3.63) is 73.1 Å². The minimum atomic E-state index is 0.00226. The number of nitrogens with zero attached hydrogens (tertiary/aromatic N) is 6. The van der Waals surface area contributed by atoms with Crippen molar-refractivity contribution in [3.8, 4) is 22.8 Å². The fraction of sp³-hybridized carbons (Fsp3) is 0.259. The normalized spacial score (nSPS) is 15.9. The van der Waals surface area contributed by atoms with Crippen molar-refractivity contribution in [1.29, 1.82) is 0 Å². The predicted octanol–water partition coefficient (Wildman–Crippen LogP) is 3.76. The second kappa shape index (κ2) is 10.2. The lowest BCUT2D eigenvalue weighted by Crippen LogP contribution is -2.28. The molecule has 36 heavy (non-hydrogen) atoms. The molecule has 1 fully saturated rings. The largest absolute Gasteiger partial charge is 0.457 e. The zero-order chi connectivity index (χ0) is 25.1. The van der Waals surface area contributed by atoms with Crippen molar-refractivity contribution in [2.24, 2.45) is 0 Å². The Kier molecular flexibility index (Phi) is 6.64. The number of fused-ring (bicyclic) bond motifs is 1. The molecule has 2 N–H and O–H groups in total. The van der Waals surface area contributed by atoms with Gasteiger partial charge in [-0.25, -0.2) is 14.6 Å². The molecule has 0 radical (unpaired) electrons. The highest BCUT2D eigenvalue weighted by Gasteiger charge is 2.30. The van der Waals surface area contributed by atoms with Gasteiger partial charge in [-0.15, -0.1) is 0 Å². The summed E-state index contributed by atoms with van der Waals surface area (Å²) in [5.41, 5.74) is 8.56. The van der Waals surface area contributed by atoms with E-state index in [4.69, 9.17) is 15.6 Å². The first-order valence-electron chi connectivity index (χ1n) is 11.9. The molecule has 2 aromatic heterocycles. The molecule has 5 rings (SSSR count). The molecule has 0 spiro atoms. The van der Waals surface area contributed by atoms with E-state index in [2.05, 4.69) is 9.97 Å². The number of anilines is 1. The van der Waals surface area contributed by atoms with Gasteiger partial charge in [0.1, 0.15) is 29.3 Å². The average molecular weight is 484 g/mol. The number of rotatable bonds is 7. The van der Waals surface area contributed by atoms with Crippen molar-refractivity contribution >= 4 is 22.8 Å². The molecule has 1 aliphatic rings. The Bertz CT molecular complexity index is 1380. The number of amides is 1. The monoisotopic (exact) mass is 483 g/mol. The number of hydrogen-bond acceptors (Lipinski definition) is 7. The molecule has 9 heteroatoms. The van der Waals surface area contributed by atoms with Gasteiger partial charge in [0, 0.05) is 31.3 Å². The quantitative estimate of drug-likeness (QED) is 0.399. The molecule has 0 aliphatic carbocycles. The number of hydrogen-bond donors (Lipinski definition) is 1. The topological polar surface area (TPSA) is 102 Å². The molecule has 0 bridgehead atoms. The number of ether oxygens (including phenoxy) is 1. The second-order valence-corrected chi connectivity index (χ2v) is 9.08. The van der Waals surface area contributed by atoms with Crippen LogP contribution in [0.3, 0.4) is 0 Å². The summed E-state index contributed by atoms with van der Waals surface area (Å²) in [5.74, 6) is 1.89. The van der Waals surface area contributed by atoms with Crippen LogP contribution in [-0.4, -0.2) is 69.2 Å². The molecular weight excluding hydrogens is 454 g/mol. The van der Waals surface area contributed by atoms with E-state index >= 15 is 0 Å². The highest BCUT2D eigenvalue weighted by atomic mass is 16.5. The van der Waals surface area contributed by atoms with Crippen LogP contribution in [0.1, 0.15) is 12.5 Å². The van der Waals surface area contributed by atoms with Crippen LogP contribution >= 0.6 is 0 Å². The molecule has 1 aliphatic heterocycles. The summed E-state index contributed by atoms with van der Waals surface area (Å²) >= 11 is 0. The summed E-state index contributed by atoms with van der Waals surface area (Å²) in [6.45, 7) is 1.95. The lowest BCUT2D eigenvalue weighted by atomic mass is 10.1. The molecule has 0 saturated carbocycles. The van der Waals surface area contributed by atoms with Gasteiger partial charge >= 0.3 is 0 Å². The number of aromatic nitrogens is 4. The molecule has 184 valence electrons. The van der Waals surface area contributed by atoms with Gasteiger partial charge in [0.05, 0.1) is 11.4 Å². The third kappa shape index (κ3) is 4.92. The third-order valence-electron chi connectivity index (χ3n) is 6.18. The van der Waals surface area contributed by atoms with Crippen LogP contribution < -0.4 is 10.5 Å². The van der Waals surface area contributed by atoms with E-state index in [1.807, 2.05) is 89.3 Å². The van der Waals surface area contributed by atoms with Gasteiger partial charge in [-0.2, -0.15) is 5.10 Å². The van der Waals surface area contributed by atoms with Gasteiger partial charge in [-0.3, -0.25) is 4.79 Å². The minimum Gasteiger partial charge on any atom is -0.457 e. The van der Waals surface area contributed by atoms with Crippen molar-refractivity contribution in [1.82, 2.24) is 29.5 Å². The maximum Gasteiger partial charge on any atom is 0.246 e. The number of para-hydroxylation sites is 1. The highest BCUT2D eigenvalue weighted by molar-refractivity contribution is 5.98. The number of benzene rings is 2. The molecule has 1 saturated heterocycles. The Balaban J connectivity index is 1.40. The van der Waals surface area contributed by atoms with E-state index in [0.29, 0.717) is 35.6 Å². The fourth-order valence-electron chi connectivity index (χ4n) is 4.37. The summed E-state index contributed by atoms with van der Waals surface area (Å²) in [5, 5.41) is 5.64. The Labute approximate surface area is 209 Å². The lowest BCUT2D eigenvalue weighted by Gasteiger charge is -2.15. The molecule has 1 amide bonds. The zero-order valence-corrected chi connectivity index (χ0v) is 20.4. The molecule has 3 heterocycles. The maximum absolute atomic E-state index is 12.6. The summed E-state index contributed by atoms with van der Waals surface area (Å²) in [6, 6.07) is 17.4. The van der Waals surface area contributed by atoms with Gasteiger partial charge in [0.2, 0.25) is 5.91 Å². The Morgan fingerprint density at radius 2 is 1.86 bits per heavy atom. The van der Waals surface area contributed by atoms with Crippen LogP contribution in [0.5, 0.6) is 11.5 Å². The first-order valence-corrected chi connectivity index (χ1v) is 11.9. The first-order chi connectivity index (χ1) is 17.5. The lowest BCUT2D eigenvalue weighted by molar-refractivity contribution is -0.125. The minimum absolute atomic E-state index is 0.00226. The van der Waals surface area contributed by atoms with Crippen LogP contribution in [0.25, 0.3) is 22.3 Å². The maximum atomic E-state index is 12.6. The third-order valence-corrected chi connectivity index (χ3v) is 6.18. The van der Waals surface area contributed by atoms with E-state index in [1.165, 1.54) is 6.33 Å². The predicted molar refractivity (Wildman–Crippen MR) is 140 cm³/mol. The standard InChI is InChI=1S/C27H29N7O2/c1-32(2)15-6-9-23(35)33-16-14-20(17-33)34-27-24(26(28)29-18-30-27)25(31-34)19-10-12-22(13-11-19)36-21-7-4-3-5-8-21/h3-13,18,20H,14-17H2,1-2H3,(H2,28,29,30)/b9-6+/t20-/m1/s1. The Morgan fingerprint density at radius 1 is 1.11 bits per heavy atom. The summed E-state index contributed by atoms with van der Waals surface area (Å²) in [7, 11) is 3.94. The summed E-state index contributed by atoms with van der Waals surface area (Å²) in [6.07, 6.45) is 5.78. The zero-order valence-electron chi connectivity index (χ0n) is 20.4. The van der Waals surface area contributed by atoms with Crippen molar-refractivity contribution < 1.29 is 9.53 Å². The smallest absolute Gasteiger partial charge is 0.246 e. The van der Waals surface area contributed by atoms with Crippen LogP contribution in [-0.2, 0) is 4.79 Å². The van der Waals surface area contributed by atoms with E-state index in [0.717, 1.165) is 30.0 Å². The van der Waals surface area contributed by atoms with Crippen LogP contribution in [0.15, 0.2) is 73.1 Å². The summed E-state index contributed by atoms with van der Waals surface area (Å²) in [4.78, 5) is 25.2. The number of carbonyl (C=O) groups is 1. The second-order valence-electron chi connectivity index (χ2n) is 9.08. The van der Waals surface area contributed by atoms with Crippen LogP contribution in [0.2, 0.25) is 0 Å². The number of nitrogens with two attached hydrogens (primary N) is 1. The van der Waals surface area contributed by atoms with Crippen molar-refractivity contribution in [2.45, 2.75) is 12.5 Å². The van der Waals surface area contributed by atoms with Gasteiger partial charge < -0.3 is 20.3 Å². The van der Waals surface area contributed by atoms with Crippen molar-refractivity contribution in [2.75, 3.05) is 39.5 Å². The van der Waals surface area contributed by atoms with E-state index in [9.17, 15) is 4.79 Å². The van der Waals surface area contributed by atoms with Gasteiger partial charge in [0.15, 0.2) is 5.65 Å². The number of likely N-dealkylation sites (tertiary alicyclic amines) is 1. The van der Waals surface area contributed by atoms with Crippen LogP contribution in [0, 0.1) is 0 Å². The number of carbonyl (C=O) groups excluding carboxylic acids is 1. The SMILES string of the molecule is CN(C)C/C=C/C(=O)N1CC[C@@H](n2nc(-c3ccc(Oc4ccccc4)cc3)c3c(N)ncnc32)C1. The Hall–Kier alpha value is -4.24. The highest BCUT2D eigenvalue weighted by Crippen LogP contribution is 2.35. The van der Waals surface area contributed by atoms with E-state index in [-0.39, 0.29) is 11.9 Å². The molecular formula is C27H29N7O2. The first kappa shape index (κ1) is 23.5. The van der Waals surface area contributed by atoms with Crippen LogP contribution in [0.4, 0.5) is 5.82 Å². The van der Waals surface area contributed by atoms with E-state index < -0.39 is 0 Å². The van der Waals surface area contributed by atoms with Gasteiger partial charge in [-0.1, -0.05) is 24.3 Å². The molecule has 2 aromatic carbocycles. The van der Waals surface area contributed by atoms with Gasteiger partial charge in [-0.05, 0) is 56.9 Å². The number of nitrogen functional groups attached to an aromatic ring is 1. The number of likely N-dealkylation sites (N-methyl/N-ethyl adjacent to an activating group) is 1. The summed E-state index contributed by atoms with van der Waals surface area (Å²) < 4.78 is 7.82. The van der Waals surface area contributed by atoms with E-state index in [1.54, 1.807) is 6.08 Å². The molecule has 9 nitrogen and oxygen atoms in total. The molecule has 4 aromatic rings. The molecule has 0 unspecified atom stereocenters. The Morgan fingerprint density at radius 3 is 2.61 bits per heavy atom. The van der Waals surface area contributed by atoms with Gasteiger partial charge in [0.25, 0.3) is 0 Å². The van der Waals surface area contributed by atoms with Crippen molar-refractivity contribution in [3.63, 3.8) is 0 Å². The average Bonchev–Trinajstić information content (AvgIpc) is 3.51. The molecule has 1 atom stereocenters.